The predicted octanol–water partition coefficient (Wildman–Crippen LogP) is 3.58. The minimum absolute atomic E-state index is 0.0874. The molecule has 5 nitrogen and oxygen atoms in total. The van der Waals surface area contributed by atoms with Crippen LogP contribution in [0, 0.1) is 12.3 Å². The monoisotopic (exact) mass is 362 g/mol. The molecule has 1 aromatic heterocycles. The van der Waals surface area contributed by atoms with Crippen molar-refractivity contribution in [3.8, 4) is 23.8 Å². The van der Waals surface area contributed by atoms with Gasteiger partial charge in [0.05, 0.1) is 22.7 Å². The van der Waals surface area contributed by atoms with Gasteiger partial charge >= 0.3 is 0 Å². The molecule has 1 aromatic carbocycles. The molecule has 0 fully saturated rings. The summed E-state index contributed by atoms with van der Waals surface area (Å²) < 4.78 is 10.9. The number of halogens is 1. The third-order valence-electron chi connectivity index (χ3n) is 2.76. The Hall–Kier alpha value is -2.49. The lowest BCUT2D eigenvalue weighted by atomic mass is 10.2. The fourth-order valence-electron chi connectivity index (χ4n) is 1.81. The molecule has 0 aliphatic carbocycles. The molecule has 24 heavy (non-hydrogen) atoms. The van der Waals surface area contributed by atoms with Crippen LogP contribution in [0.1, 0.15) is 22.2 Å². The third-order valence-corrected chi connectivity index (χ3v) is 3.91. The van der Waals surface area contributed by atoms with Crippen LogP contribution in [0.2, 0.25) is 5.02 Å². The van der Waals surface area contributed by atoms with E-state index in [1.54, 1.807) is 24.3 Å². The molecule has 0 aliphatic rings. The second kappa shape index (κ2) is 8.96. The zero-order valence-corrected chi connectivity index (χ0v) is 14.5. The van der Waals surface area contributed by atoms with E-state index in [4.69, 9.17) is 27.5 Å². The van der Waals surface area contributed by atoms with Crippen molar-refractivity contribution >= 4 is 35.1 Å². The van der Waals surface area contributed by atoms with Crippen molar-refractivity contribution in [2.24, 2.45) is 5.10 Å². The molecule has 0 aliphatic heterocycles. The average molecular weight is 363 g/mol. The van der Waals surface area contributed by atoms with Gasteiger partial charge in [-0.1, -0.05) is 23.6 Å². The molecule has 7 heteroatoms. The Kier molecular flexibility index (Phi) is 6.67. The van der Waals surface area contributed by atoms with Crippen molar-refractivity contribution in [2.75, 3.05) is 13.2 Å². The molecule has 0 radical (unpaired) electrons. The maximum absolute atomic E-state index is 11.8. The van der Waals surface area contributed by atoms with E-state index in [1.165, 1.54) is 17.6 Å². The van der Waals surface area contributed by atoms with Crippen molar-refractivity contribution in [1.82, 2.24) is 5.43 Å². The Morgan fingerprint density at radius 3 is 3.00 bits per heavy atom. The van der Waals surface area contributed by atoms with E-state index in [2.05, 4.69) is 16.4 Å². The van der Waals surface area contributed by atoms with Gasteiger partial charge in [-0.05, 0) is 36.1 Å². The SMILES string of the molecule is C#CCOc1c(Cl)cc(/C=N\NC(=O)c2cccs2)cc1OCC. The maximum Gasteiger partial charge on any atom is 0.281 e. The molecule has 0 saturated carbocycles. The van der Waals surface area contributed by atoms with Gasteiger partial charge in [-0.3, -0.25) is 4.79 Å². The summed E-state index contributed by atoms with van der Waals surface area (Å²) in [6.07, 6.45) is 6.67. The topological polar surface area (TPSA) is 59.9 Å². The average Bonchev–Trinajstić information content (AvgIpc) is 3.09. The fourth-order valence-corrected chi connectivity index (χ4v) is 2.69. The Morgan fingerprint density at radius 1 is 1.50 bits per heavy atom. The minimum atomic E-state index is -0.272. The van der Waals surface area contributed by atoms with Gasteiger partial charge < -0.3 is 9.47 Å². The lowest BCUT2D eigenvalue weighted by Gasteiger charge is -2.12. The van der Waals surface area contributed by atoms with Crippen LogP contribution in [-0.4, -0.2) is 25.3 Å². The zero-order valence-electron chi connectivity index (χ0n) is 12.9. The quantitative estimate of drug-likeness (QED) is 0.465. The van der Waals surface area contributed by atoms with Crippen LogP contribution >= 0.6 is 22.9 Å². The van der Waals surface area contributed by atoms with Crippen LogP contribution < -0.4 is 14.9 Å². The summed E-state index contributed by atoms with van der Waals surface area (Å²) in [5.41, 5.74) is 3.11. The lowest BCUT2D eigenvalue weighted by molar-refractivity contribution is 0.0959. The van der Waals surface area contributed by atoms with Crippen LogP contribution in [0.4, 0.5) is 0 Å². The number of terminal acetylenes is 1. The minimum Gasteiger partial charge on any atom is -0.490 e. The van der Waals surface area contributed by atoms with Crippen molar-refractivity contribution < 1.29 is 14.3 Å². The fraction of sp³-hybridized carbons (Fsp3) is 0.176. The van der Waals surface area contributed by atoms with Gasteiger partial charge in [0, 0.05) is 0 Å². The van der Waals surface area contributed by atoms with Gasteiger partial charge in [-0.15, -0.1) is 17.8 Å². The van der Waals surface area contributed by atoms with Gasteiger partial charge in [0.1, 0.15) is 6.61 Å². The summed E-state index contributed by atoms with van der Waals surface area (Å²) >= 11 is 7.55. The number of thiophene rings is 1. The highest BCUT2D eigenvalue weighted by Crippen LogP contribution is 2.36. The Bertz CT molecular complexity index is 767. The summed E-state index contributed by atoms with van der Waals surface area (Å²) in [5.74, 6) is 2.96. The number of benzene rings is 1. The van der Waals surface area contributed by atoms with Gasteiger partial charge in [0.2, 0.25) is 0 Å². The number of nitrogens with zero attached hydrogens (tertiary/aromatic N) is 1. The molecule has 124 valence electrons. The van der Waals surface area contributed by atoms with Crippen LogP contribution in [0.15, 0.2) is 34.7 Å². The van der Waals surface area contributed by atoms with Crippen LogP contribution in [0.3, 0.4) is 0 Å². The first-order valence-corrected chi connectivity index (χ1v) is 8.31. The second-order valence-electron chi connectivity index (χ2n) is 4.43. The first kappa shape index (κ1) is 17.9. The number of hydrazone groups is 1. The number of hydrogen-bond donors (Lipinski definition) is 1. The summed E-state index contributed by atoms with van der Waals surface area (Å²) in [6.45, 7) is 2.38. The normalized spacial score (nSPS) is 10.4. The predicted molar refractivity (Wildman–Crippen MR) is 96.3 cm³/mol. The summed E-state index contributed by atoms with van der Waals surface area (Å²) in [5, 5.41) is 6.10. The molecule has 0 spiro atoms. The first-order valence-electron chi connectivity index (χ1n) is 7.05. The number of rotatable bonds is 7. The van der Waals surface area contributed by atoms with Crippen LogP contribution in [0.5, 0.6) is 11.5 Å². The number of carbonyl (C=O) groups is 1. The molecular weight excluding hydrogens is 348 g/mol. The molecule has 2 aromatic rings. The molecule has 0 saturated heterocycles. The number of carbonyl (C=O) groups excluding carboxylic acids is 1. The Labute approximate surface area is 149 Å². The largest absolute Gasteiger partial charge is 0.490 e. The molecule has 0 unspecified atom stereocenters. The molecule has 0 atom stereocenters. The molecule has 2 rings (SSSR count). The van der Waals surface area contributed by atoms with E-state index < -0.39 is 0 Å². The Balaban J connectivity index is 2.13. The van der Waals surface area contributed by atoms with E-state index in [-0.39, 0.29) is 12.5 Å². The second-order valence-corrected chi connectivity index (χ2v) is 5.79. The summed E-state index contributed by atoms with van der Waals surface area (Å²) in [6, 6.07) is 6.88. The number of nitrogens with one attached hydrogen (secondary N) is 1. The lowest BCUT2D eigenvalue weighted by Crippen LogP contribution is -2.16. The van der Waals surface area contributed by atoms with Crippen molar-refractivity contribution in [2.45, 2.75) is 6.92 Å². The number of amides is 1. The molecule has 1 amide bonds. The maximum atomic E-state index is 11.8. The molecule has 1 N–H and O–H groups in total. The van der Waals surface area contributed by atoms with Crippen molar-refractivity contribution in [1.29, 1.82) is 0 Å². The highest BCUT2D eigenvalue weighted by Gasteiger charge is 2.12. The van der Waals surface area contributed by atoms with Crippen LogP contribution in [0.25, 0.3) is 0 Å². The van der Waals surface area contributed by atoms with Gasteiger partial charge in [-0.2, -0.15) is 5.10 Å². The molecule has 0 bridgehead atoms. The summed E-state index contributed by atoms with van der Waals surface area (Å²) in [4.78, 5) is 12.4. The van der Waals surface area contributed by atoms with E-state index in [1.807, 2.05) is 12.3 Å². The molecule has 1 heterocycles. The van der Waals surface area contributed by atoms with Gasteiger partial charge in [-0.25, -0.2) is 5.43 Å². The van der Waals surface area contributed by atoms with Gasteiger partial charge in [0.25, 0.3) is 5.91 Å². The highest BCUT2D eigenvalue weighted by atomic mass is 35.5. The van der Waals surface area contributed by atoms with Crippen LogP contribution in [-0.2, 0) is 0 Å². The first-order chi connectivity index (χ1) is 11.7. The number of ether oxygens (including phenoxy) is 2. The Morgan fingerprint density at radius 2 is 2.33 bits per heavy atom. The van der Waals surface area contributed by atoms with E-state index >= 15 is 0 Å². The van der Waals surface area contributed by atoms with Gasteiger partial charge in [0.15, 0.2) is 11.5 Å². The number of hydrogen-bond acceptors (Lipinski definition) is 5. The molecular formula is C17H15ClN2O3S. The van der Waals surface area contributed by atoms with E-state index in [0.29, 0.717) is 33.6 Å². The summed E-state index contributed by atoms with van der Waals surface area (Å²) in [7, 11) is 0. The van der Waals surface area contributed by atoms with E-state index in [0.717, 1.165) is 0 Å². The smallest absolute Gasteiger partial charge is 0.281 e. The standard InChI is InChI=1S/C17H15ClN2O3S/c1-3-7-23-16-13(18)9-12(10-14(16)22-4-2)11-19-20-17(21)15-6-5-8-24-15/h1,5-6,8-11H,4,7H2,2H3,(H,20,21)/b19-11-. The van der Waals surface area contributed by atoms with Crippen molar-refractivity contribution in [3.63, 3.8) is 0 Å². The van der Waals surface area contributed by atoms with E-state index in [9.17, 15) is 4.79 Å². The third kappa shape index (κ3) is 4.75. The van der Waals surface area contributed by atoms with Crippen molar-refractivity contribution in [3.05, 3.63) is 45.1 Å². The highest BCUT2D eigenvalue weighted by molar-refractivity contribution is 7.12. The zero-order chi connectivity index (χ0) is 17.4.